The molecule has 0 aliphatic heterocycles. The van der Waals surface area contributed by atoms with Gasteiger partial charge in [-0.3, -0.25) is 0 Å². The van der Waals surface area contributed by atoms with E-state index < -0.39 is 7.38 Å². The maximum atomic E-state index is 6.36. The van der Waals surface area contributed by atoms with Gasteiger partial charge in [0.15, 0.2) is 7.38 Å². The van der Waals surface area contributed by atoms with Crippen molar-refractivity contribution in [3.63, 3.8) is 0 Å². The van der Waals surface area contributed by atoms with Gasteiger partial charge in [0.05, 0.1) is 0 Å². The maximum Gasteiger partial charge on any atom is 0.150 e. The lowest BCUT2D eigenvalue weighted by Crippen LogP contribution is -2.20. The van der Waals surface area contributed by atoms with E-state index in [4.69, 9.17) is 11.1 Å². The summed E-state index contributed by atoms with van der Waals surface area (Å²) in [6.45, 7) is 9.09. The normalized spacial score (nSPS) is 14.5. The fourth-order valence-corrected chi connectivity index (χ4v) is 4.34. The number of hydrogen-bond donors (Lipinski definition) is 0. The summed E-state index contributed by atoms with van der Waals surface area (Å²) in [5, 5.41) is 0. The van der Waals surface area contributed by atoms with E-state index >= 15 is 0 Å². The van der Waals surface area contributed by atoms with Crippen molar-refractivity contribution in [1.82, 2.24) is 0 Å². The molecule has 1 atom stereocenters. The van der Waals surface area contributed by atoms with E-state index in [1.807, 2.05) is 0 Å². The Labute approximate surface area is 89.8 Å². The Kier molecular flexibility index (Phi) is 7.16. The fourth-order valence-electron chi connectivity index (χ4n) is 1.82. The summed E-state index contributed by atoms with van der Waals surface area (Å²) in [5.74, 6) is 0.894. The summed E-state index contributed by atoms with van der Waals surface area (Å²) in [6.07, 6.45) is 6.83. The zero-order valence-electron chi connectivity index (χ0n) is 9.70. The van der Waals surface area contributed by atoms with Crippen LogP contribution >= 0.6 is 11.1 Å². The SMILES string of the molecule is CCCCCC(CC)C[Si](C)(C)Cl. The molecule has 0 N–H and O–H groups in total. The van der Waals surface area contributed by atoms with Gasteiger partial charge >= 0.3 is 0 Å². The fraction of sp³-hybridized carbons (Fsp3) is 1.00. The Morgan fingerprint density at radius 2 is 1.77 bits per heavy atom. The van der Waals surface area contributed by atoms with Crippen molar-refractivity contribution < 1.29 is 0 Å². The van der Waals surface area contributed by atoms with E-state index in [0.29, 0.717) is 0 Å². The summed E-state index contributed by atoms with van der Waals surface area (Å²) in [6, 6.07) is 1.30. The summed E-state index contributed by atoms with van der Waals surface area (Å²) < 4.78 is 0. The van der Waals surface area contributed by atoms with E-state index in [2.05, 4.69) is 26.9 Å². The Bertz CT molecular complexity index is 118. The zero-order chi connectivity index (χ0) is 10.3. The van der Waals surface area contributed by atoms with Gasteiger partial charge < -0.3 is 0 Å². The van der Waals surface area contributed by atoms with E-state index in [0.717, 1.165) is 5.92 Å². The van der Waals surface area contributed by atoms with Gasteiger partial charge in [0.2, 0.25) is 0 Å². The number of rotatable bonds is 7. The smallest absolute Gasteiger partial charge is 0.150 e. The minimum Gasteiger partial charge on any atom is -0.168 e. The lowest BCUT2D eigenvalue weighted by atomic mass is 10.0. The first-order chi connectivity index (χ1) is 5.99. The van der Waals surface area contributed by atoms with Crippen LogP contribution in [0.2, 0.25) is 19.1 Å². The number of hydrogen-bond acceptors (Lipinski definition) is 0. The average molecular weight is 221 g/mol. The second-order valence-corrected chi connectivity index (χ2v) is 11.6. The highest BCUT2D eigenvalue weighted by molar-refractivity contribution is 7.19. The molecule has 13 heavy (non-hydrogen) atoms. The number of halogens is 1. The van der Waals surface area contributed by atoms with Crippen LogP contribution in [-0.2, 0) is 0 Å². The molecular formula is C11H25ClSi. The van der Waals surface area contributed by atoms with Gasteiger partial charge in [-0.05, 0) is 12.0 Å². The third-order valence-electron chi connectivity index (χ3n) is 2.57. The first-order valence-electron chi connectivity index (χ1n) is 5.68. The molecule has 0 amide bonds. The molecule has 0 saturated carbocycles. The lowest BCUT2D eigenvalue weighted by molar-refractivity contribution is 0.478. The number of unbranched alkanes of at least 4 members (excludes halogenated alkanes) is 2. The molecule has 0 aromatic rings. The predicted molar refractivity (Wildman–Crippen MR) is 66.1 cm³/mol. The molecule has 0 aliphatic carbocycles. The van der Waals surface area contributed by atoms with Crippen LogP contribution in [0.15, 0.2) is 0 Å². The highest BCUT2D eigenvalue weighted by Crippen LogP contribution is 2.26. The third-order valence-corrected chi connectivity index (χ3v) is 4.58. The summed E-state index contributed by atoms with van der Waals surface area (Å²) in [5.41, 5.74) is 0. The topological polar surface area (TPSA) is 0 Å². The minimum atomic E-state index is -1.33. The standard InChI is InChI=1S/C11H25ClSi/c1-5-7-8-9-11(6-2)10-13(3,4)12/h11H,5-10H2,1-4H3. The van der Waals surface area contributed by atoms with Crippen LogP contribution in [-0.4, -0.2) is 7.38 Å². The Balaban J connectivity index is 3.63. The van der Waals surface area contributed by atoms with Gasteiger partial charge in [0.1, 0.15) is 0 Å². The largest absolute Gasteiger partial charge is 0.168 e. The van der Waals surface area contributed by atoms with Crippen LogP contribution in [0.3, 0.4) is 0 Å². The zero-order valence-corrected chi connectivity index (χ0v) is 11.5. The van der Waals surface area contributed by atoms with Gasteiger partial charge in [-0.2, -0.15) is 11.1 Å². The maximum absolute atomic E-state index is 6.36. The van der Waals surface area contributed by atoms with E-state index in [-0.39, 0.29) is 0 Å². The van der Waals surface area contributed by atoms with Crippen LogP contribution in [0, 0.1) is 5.92 Å². The van der Waals surface area contributed by atoms with Gasteiger partial charge in [-0.15, -0.1) is 0 Å². The van der Waals surface area contributed by atoms with Crippen LogP contribution in [0.5, 0.6) is 0 Å². The Morgan fingerprint density at radius 1 is 1.15 bits per heavy atom. The van der Waals surface area contributed by atoms with E-state index in [9.17, 15) is 0 Å². The van der Waals surface area contributed by atoms with Crippen LogP contribution < -0.4 is 0 Å². The van der Waals surface area contributed by atoms with Gasteiger partial charge in [0, 0.05) is 0 Å². The molecule has 0 radical (unpaired) electrons. The first-order valence-corrected chi connectivity index (χ1v) is 9.90. The van der Waals surface area contributed by atoms with Crippen LogP contribution in [0.1, 0.15) is 46.0 Å². The molecule has 0 rings (SSSR count). The molecule has 0 aromatic heterocycles. The Hall–Kier alpha value is 0.507. The summed E-state index contributed by atoms with van der Waals surface area (Å²) in [4.78, 5) is 0. The van der Waals surface area contributed by atoms with Gasteiger partial charge in [-0.25, -0.2) is 0 Å². The van der Waals surface area contributed by atoms with Crippen molar-refractivity contribution in [1.29, 1.82) is 0 Å². The van der Waals surface area contributed by atoms with Crippen LogP contribution in [0.25, 0.3) is 0 Å². The molecule has 0 spiro atoms. The molecule has 0 bridgehead atoms. The van der Waals surface area contributed by atoms with Gasteiger partial charge in [0.25, 0.3) is 0 Å². The summed E-state index contributed by atoms with van der Waals surface area (Å²) in [7, 11) is -1.33. The summed E-state index contributed by atoms with van der Waals surface area (Å²) >= 11 is 6.36. The van der Waals surface area contributed by atoms with Crippen molar-refractivity contribution in [2.45, 2.75) is 65.1 Å². The predicted octanol–water partition coefficient (Wildman–Crippen LogP) is 5.04. The molecule has 0 saturated heterocycles. The molecule has 0 aromatic carbocycles. The van der Waals surface area contributed by atoms with E-state index in [1.165, 1.54) is 38.1 Å². The van der Waals surface area contributed by atoms with Crippen molar-refractivity contribution in [3.8, 4) is 0 Å². The molecular weight excluding hydrogens is 196 g/mol. The van der Waals surface area contributed by atoms with Crippen molar-refractivity contribution >= 4 is 18.5 Å². The van der Waals surface area contributed by atoms with Gasteiger partial charge in [-0.1, -0.05) is 59.0 Å². The molecule has 0 fully saturated rings. The molecule has 2 heteroatoms. The lowest BCUT2D eigenvalue weighted by Gasteiger charge is -2.21. The van der Waals surface area contributed by atoms with E-state index in [1.54, 1.807) is 0 Å². The van der Waals surface area contributed by atoms with Crippen molar-refractivity contribution in [2.24, 2.45) is 5.92 Å². The second kappa shape index (κ2) is 6.89. The molecule has 0 heterocycles. The first kappa shape index (κ1) is 13.5. The highest BCUT2D eigenvalue weighted by Gasteiger charge is 2.21. The van der Waals surface area contributed by atoms with Crippen molar-refractivity contribution in [2.75, 3.05) is 0 Å². The van der Waals surface area contributed by atoms with Crippen LogP contribution in [0.4, 0.5) is 0 Å². The highest BCUT2D eigenvalue weighted by atomic mass is 35.6. The minimum absolute atomic E-state index is 0.894. The quantitative estimate of drug-likeness (QED) is 0.321. The average Bonchev–Trinajstić information content (AvgIpc) is 2.01. The third kappa shape index (κ3) is 8.83. The Morgan fingerprint density at radius 3 is 2.15 bits per heavy atom. The monoisotopic (exact) mass is 220 g/mol. The van der Waals surface area contributed by atoms with Crippen molar-refractivity contribution in [3.05, 3.63) is 0 Å². The molecule has 1 unspecified atom stereocenters. The molecule has 0 aliphatic rings. The molecule has 0 nitrogen and oxygen atoms in total. The molecule has 80 valence electrons. The second-order valence-electron chi connectivity index (χ2n) is 4.69.